The number of methoxy groups -OCH3 is 1. The highest BCUT2D eigenvalue weighted by Gasteiger charge is 2.19. The van der Waals surface area contributed by atoms with E-state index >= 15 is 0 Å². The normalized spacial score (nSPS) is 20.4. The fourth-order valence-corrected chi connectivity index (χ4v) is 2.67. The van der Waals surface area contributed by atoms with Crippen LogP contribution in [0.1, 0.15) is 36.4 Å². The summed E-state index contributed by atoms with van der Waals surface area (Å²) in [6.45, 7) is 1.26. The summed E-state index contributed by atoms with van der Waals surface area (Å²) in [4.78, 5) is 0. The standard InChI is InChI=1S/C15H23NO2/c1-18-11-13(17)9-10-16-15-8-4-6-12-5-2-3-7-14(12)15/h2-3,5,7,13,15-17H,4,6,8-11H2,1H3. The second-order valence-electron chi connectivity index (χ2n) is 5.00. The highest BCUT2D eigenvalue weighted by atomic mass is 16.5. The molecule has 0 spiro atoms. The lowest BCUT2D eigenvalue weighted by Crippen LogP contribution is -2.29. The van der Waals surface area contributed by atoms with Gasteiger partial charge in [0.2, 0.25) is 0 Å². The van der Waals surface area contributed by atoms with Crippen molar-refractivity contribution in [2.24, 2.45) is 0 Å². The molecule has 3 nitrogen and oxygen atoms in total. The lowest BCUT2D eigenvalue weighted by Gasteiger charge is -2.26. The van der Waals surface area contributed by atoms with Gasteiger partial charge < -0.3 is 15.2 Å². The van der Waals surface area contributed by atoms with Crippen LogP contribution < -0.4 is 5.32 Å². The van der Waals surface area contributed by atoms with E-state index in [-0.39, 0.29) is 6.10 Å². The van der Waals surface area contributed by atoms with Crippen molar-refractivity contribution in [1.82, 2.24) is 5.32 Å². The first kappa shape index (κ1) is 13.5. The fourth-order valence-electron chi connectivity index (χ4n) is 2.67. The summed E-state index contributed by atoms with van der Waals surface area (Å²) in [7, 11) is 1.62. The van der Waals surface area contributed by atoms with E-state index in [2.05, 4.69) is 29.6 Å². The third kappa shape index (κ3) is 3.55. The van der Waals surface area contributed by atoms with Gasteiger partial charge in [-0.1, -0.05) is 24.3 Å². The molecule has 2 rings (SSSR count). The van der Waals surface area contributed by atoms with Gasteiger partial charge >= 0.3 is 0 Å². The Morgan fingerprint density at radius 3 is 3.11 bits per heavy atom. The number of hydrogen-bond acceptors (Lipinski definition) is 3. The van der Waals surface area contributed by atoms with Crippen LogP contribution in [0.5, 0.6) is 0 Å². The molecule has 0 heterocycles. The highest BCUT2D eigenvalue weighted by Crippen LogP contribution is 2.29. The molecule has 0 bridgehead atoms. The van der Waals surface area contributed by atoms with Crippen LogP contribution in [0.25, 0.3) is 0 Å². The topological polar surface area (TPSA) is 41.5 Å². The number of hydrogen-bond donors (Lipinski definition) is 2. The van der Waals surface area contributed by atoms with Crippen molar-refractivity contribution in [2.45, 2.75) is 37.8 Å². The summed E-state index contributed by atoms with van der Waals surface area (Å²) >= 11 is 0. The Kier molecular flexibility index (Phi) is 5.17. The molecule has 0 aromatic heterocycles. The second-order valence-corrected chi connectivity index (χ2v) is 5.00. The van der Waals surface area contributed by atoms with Crippen LogP contribution >= 0.6 is 0 Å². The summed E-state index contributed by atoms with van der Waals surface area (Å²) in [6, 6.07) is 9.12. The molecular weight excluding hydrogens is 226 g/mol. The van der Waals surface area contributed by atoms with Crippen molar-refractivity contribution in [2.75, 3.05) is 20.3 Å². The Labute approximate surface area is 109 Å². The molecule has 2 N–H and O–H groups in total. The molecule has 0 radical (unpaired) electrons. The van der Waals surface area contributed by atoms with E-state index in [9.17, 15) is 5.11 Å². The maximum atomic E-state index is 9.61. The van der Waals surface area contributed by atoms with Crippen molar-refractivity contribution >= 4 is 0 Å². The van der Waals surface area contributed by atoms with Crippen LogP contribution in [0, 0.1) is 0 Å². The Morgan fingerprint density at radius 2 is 2.28 bits per heavy atom. The molecule has 0 fully saturated rings. The molecule has 3 heteroatoms. The molecule has 100 valence electrons. The Balaban J connectivity index is 1.84. The number of nitrogens with one attached hydrogen (secondary N) is 1. The molecule has 18 heavy (non-hydrogen) atoms. The zero-order valence-electron chi connectivity index (χ0n) is 11.1. The number of benzene rings is 1. The van der Waals surface area contributed by atoms with Gasteiger partial charge in [0.05, 0.1) is 12.7 Å². The van der Waals surface area contributed by atoms with Gasteiger partial charge in [-0.05, 0) is 43.4 Å². The van der Waals surface area contributed by atoms with Gasteiger partial charge in [0.25, 0.3) is 0 Å². The molecule has 1 aromatic rings. The van der Waals surface area contributed by atoms with Gasteiger partial charge in [-0.15, -0.1) is 0 Å². The minimum absolute atomic E-state index is 0.360. The number of aliphatic hydroxyl groups is 1. The van der Waals surface area contributed by atoms with Crippen molar-refractivity contribution < 1.29 is 9.84 Å². The summed E-state index contributed by atoms with van der Waals surface area (Å²) < 4.78 is 4.92. The Morgan fingerprint density at radius 1 is 1.44 bits per heavy atom. The third-order valence-electron chi connectivity index (χ3n) is 3.60. The lowest BCUT2D eigenvalue weighted by molar-refractivity contribution is 0.0588. The summed E-state index contributed by atoms with van der Waals surface area (Å²) in [5.74, 6) is 0. The van der Waals surface area contributed by atoms with Crippen molar-refractivity contribution in [1.29, 1.82) is 0 Å². The van der Waals surface area contributed by atoms with E-state index in [4.69, 9.17) is 4.74 Å². The second kappa shape index (κ2) is 6.88. The van der Waals surface area contributed by atoms with E-state index in [0.717, 1.165) is 13.0 Å². The molecule has 0 amide bonds. The predicted molar refractivity (Wildman–Crippen MR) is 72.6 cm³/mol. The van der Waals surface area contributed by atoms with E-state index in [1.54, 1.807) is 7.11 Å². The zero-order valence-corrected chi connectivity index (χ0v) is 11.1. The first-order chi connectivity index (χ1) is 8.81. The monoisotopic (exact) mass is 249 g/mol. The van der Waals surface area contributed by atoms with E-state index in [0.29, 0.717) is 12.6 Å². The van der Waals surface area contributed by atoms with Gasteiger partial charge in [0, 0.05) is 13.2 Å². The number of rotatable bonds is 6. The quantitative estimate of drug-likeness (QED) is 0.811. The average molecular weight is 249 g/mol. The largest absolute Gasteiger partial charge is 0.391 e. The number of aliphatic hydroxyl groups excluding tert-OH is 1. The summed E-state index contributed by atoms with van der Waals surface area (Å²) in [5, 5.41) is 13.2. The van der Waals surface area contributed by atoms with Gasteiger partial charge in [-0.25, -0.2) is 0 Å². The molecule has 0 saturated carbocycles. The highest BCUT2D eigenvalue weighted by molar-refractivity contribution is 5.32. The molecule has 1 aromatic carbocycles. The van der Waals surface area contributed by atoms with Gasteiger partial charge in [0.1, 0.15) is 0 Å². The molecule has 1 aliphatic rings. The molecule has 1 aliphatic carbocycles. The number of aryl methyl sites for hydroxylation is 1. The molecule has 2 atom stereocenters. The number of ether oxygens (including phenoxy) is 1. The lowest BCUT2D eigenvalue weighted by atomic mass is 9.88. The van der Waals surface area contributed by atoms with Crippen LogP contribution in [0.3, 0.4) is 0 Å². The smallest absolute Gasteiger partial charge is 0.0785 e. The van der Waals surface area contributed by atoms with Crippen LogP contribution in [-0.2, 0) is 11.2 Å². The fraction of sp³-hybridized carbons (Fsp3) is 0.600. The summed E-state index contributed by atoms with van der Waals surface area (Å²) in [6.07, 6.45) is 4.01. The van der Waals surface area contributed by atoms with E-state index < -0.39 is 0 Å². The van der Waals surface area contributed by atoms with Crippen LogP contribution in [0.4, 0.5) is 0 Å². The zero-order chi connectivity index (χ0) is 12.8. The molecular formula is C15H23NO2. The van der Waals surface area contributed by atoms with Crippen LogP contribution in [-0.4, -0.2) is 31.5 Å². The minimum Gasteiger partial charge on any atom is -0.391 e. The SMILES string of the molecule is COCC(O)CCNC1CCCc2ccccc21. The van der Waals surface area contributed by atoms with Crippen LogP contribution in [0.15, 0.2) is 24.3 Å². The maximum Gasteiger partial charge on any atom is 0.0785 e. The van der Waals surface area contributed by atoms with Gasteiger partial charge in [-0.3, -0.25) is 0 Å². The Hall–Kier alpha value is -0.900. The summed E-state index contributed by atoms with van der Waals surface area (Å²) in [5.41, 5.74) is 2.91. The van der Waals surface area contributed by atoms with E-state index in [1.165, 1.54) is 30.4 Å². The van der Waals surface area contributed by atoms with Crippen molar-refractivity contribution in [3.8, 4) is 0 Å². The van der Waals surface area contributed by atoms with Crippen molar-refractivity contribution in [3.05, 3.63) is 35.4 Å². The molecule has 0 aliphatic heterocycles. The number of fused-ring (bicyclic) bond motifs is 1. The van der Waals surface area contributed by atoms with Crippen LogP contribution in [0.2, 0.25) is 0 Å². The first-order valence-electron chi connectivity index (χ1n) is 6.79. The minimum atomic E-state index is -0.360. The maximum absolute atomic E-state index is 9.61. The first-order valence-corrected chi connectivity index (χ1v) is 6.79. The van der Waals surface area contributed by atoms with Gasteiger partial charge in [0.15, 0.2) is 0 Å². The van der Waals surface area contributed by atoms with Gasteiger partial charge in [-0.2, -0.15) is 0 Å². The Bertz CT molecular complexity index is 367. The average Bonchev–Trinajstić information content (AvgIpc) is 2.39. The molecule has 2 unspecified atom stereocenters. The molecule has 0 saturated heterocycles. The van der Waals surface area contributed by atoms with E-state index in [1.807, 2.05) is 0 Å². The van der Waals surface area contributed by atoms with Crippen molar-refractivity contribution in [3.63, 3.8) is 0 Å². The predicted octanol–water partition coefficient (Wildman–Crippen LogP) is 2.05. The third-order valence-corrected chi connectivity index (χ3v) is 3.60.